The molecule has 0 bridgehead atoms. The summed E-state index contributed by atoms with van der Waals surface area (Å²) in [5, 5.41) is 6.38. The fourth-order valence-electron chi connectivity index (χ4n) is 3.03. The van der Waals surface area contributed by atoms with Crippen LogP contribution in [-0.4, -0.2) is 18.6 Å². The summed E-state index contributed by atoms with van der Waals surface area (Å²) in [7, 11) is 0. The van der Waals surface area contributed by atoms with Crippen molar-refractivity contribution in [2.45, 2.75) is 39.1 Å². The molecule has 3 rings (SSSR count). The van der Waals surface area contributed by atoms with Gasteiger partial charge in [-0.25, -0.2) is 0 Å². The number of benzene rings is 2. The average molecular weight is 361 g/mol. The molecule has 1 heterocycles. The first kappa shape index (κ1) is 19.4. The van der Waals surface area contributed by atoms with Crippen molar-refractivity contribution in [3.8, 4) is 0 Å². The average Bonchev–Trinajstić information content (AvgIpc) is 2.64. The van der Waals surface area contributed by atoms with Crippen LogP contribution >= 0.6 is 12.4 Å². The highest BCUT2D eigenvalue weighted by atomic mass is 35.5. The van der Waals surface area contributed by atoms with Crippen LogP contribution in [0.15, 0.2) is 48.5 Å². The zero-order valence-corrected chi connectivity index (χ0v) is 15.3. The number of rotatable bonds is 6. The van der Waals surface area contributed by atoms with E-state index in [1.807, 2.05) is 43.3 Å². The Labute approximate surface area is 155 Å². The van der Waals surface area contributed by atoms with Crippen LogP contribution in [0.25, 0.3) is 0 Å². The summed E-state index contributed by atoms with van der Waals surface area (Å²) in [6.45, 7) is 4.53. The molecular formula is C20H25ClN2O2. The Kier molecular flexibility index (Phi) is 7.44. The first-order chi connectivity index (χ1) is 11.8. The molecule has 0 aliphatic carbocycles. The molecule has 0 fully saturated rings. The Bertz CT molecular complexity index is 706. The monoisotopic (exact) mass is 360 g/mol. The number of fused-ring (bicyclic) bond motifs is 1. The number of hydrogen-bond acceptors (Lipinski definition) is 3. The number of ether oxygens (including phenoxy) is 1. The SMILES string of the molecule is CCOCc1ccccc1CNC(=O)C1Cc2ccccc2CN1.Cl. The lowest BCUT2D eigenvalue weighted by Crippen LogP contribution is -2.47. The summed E-state index contributed by atoms with van der Waals surface area (Å²) in [5.74, 6) is 0.0516. The third-order valence-electron chi connectivity index (χ3n) is 4.43. The zero-order valence-electron chi connectivity index (χ0n) is 14.5. The number of carbonyl (C=O) groups excluding carboxylic acids is 1. The van der Waals surface area contributed by atoms with Crippen molar-refractivity contribution >= 4 is 18.3 Å². The van der Waals surface area contributed by atoms with Gasteiger partial charge in [-0.3, -0.25) is 4.79 Å². The molecule has 1 aliphatic rings. The minimum atomic E-state index is -0.168. The second kappa shape index (κ2) is 9.56. The Hall–Kier alpha value is -1.88. The molecular weight excluding hydrogens is 336 g/mol. The molecule has 25 heavy (non-hydrogen) atoms. The van der Waals surface area contributed by atoms with Crippen molar-refractivity contribution in [1.82, 2.24) is 10.6 Å². The van der Waals surface area contributed by atoms with Gasteiger partial charge in [-0.1, -0.05) is 48.5 Å². The van der Waals surface area contributed by atoms with Gasteiger partial charge >= 0.3 is 0 Å². The van der Waals surface area contributed by atoms with E-state index in [9.17, 15) is 4.79 Å². The van der Waals surface area contributed by atoms with Crippen molar-refractivity contribution in [3.05, 3.63) is 70.8 Å². The summed E-state index contributed by atoms with van der Waals surface area (Å²) in [5.41, 5.74) is 4.77. The topological polar surface area (TPSA) is 50.4 Å². The maximum absolute atomic E-state index is 12.5. The molecule has 0 spiro atoms. The molecule has 1 unspecified atom stereocenters. The van der Waals surface area contributed by atoms with Gasteiger partial charge in [0.15, 0.2) is 0 Å². The maximum atomic E-state index is 12.5. The van der Waals surface area contributed by atoms with Crippen molar-refractivity contribution in [2.75, 3.05) is 6.61 Å². The molecule has 4 nitrogen and oxygen atoms in total. The van der Waals surface area contributed by atoms with Crippen LogP contribution in [0.2, 0.25) is 0 Å². The number of hydrogen-bond donors (Lipinski definition) is 2. The van der Waals surface area contributed by atoms with Gasteiger partial charge in [-0.05, 0) is 35.6 Å². The van der Waals surface area contributed by atoms with Crippen molar-refractivity contribution < 1.29 is 9.53 Å². The molecule has 2 aromatic rings. The predicted octanol–water partition coefficient (Wildman–Crippen LogP) is 2.98. The fourth-order valence-corrected chi connectivity index (χ4v) is 3.03. The first-order valence-electron chi connectivity index (χ1n) is 8.50. The molecule has 0 saturated carbocycles. The van der Waals surface area contributed by atoms with Gasteiger partial charge in [0.05, 0.1) is 12.6 Å². The highest BCUT2D eigenvalue weighted by molar-refractivity contribution is 5.85. The standard InChI is InChI=1S/C20H24N2O2.ClH/c1-2-24-14-18-10-6-5-9-17(18)13-22-20(23)19-11-15-7-3-4-8-16(15)12-21-19;/h3-10,19,21H,2,11-14H2,1H3,(H,22,23);1H. The fraction of sp³-hybridized carbons (Fsp3) is 0.350. The highest BCUT2D eigenvalue weighted by Crippen LogP contribution is 2.16. The third kappa shape index (κ3) is 5.05. The largest absolute Gasteiger partial charge is 0.377 e. The summed E-state index contributed by atoms with van der Waals surface area (Å²) in [6, 6.07) is 16.2. The Morgan fingerprint density at radius 3 is 2.56 bits per heavy atom. The Morgan fingerprint density at radius 2 is 1.80 bits per heavy atom. The van der Waals surface area contributed by atoms with Crippen LogP contribution in [0.3, 0.4) is 0 Å². The van der Waals surface area contributed by atoms with E-state index in [0.29, 0.717) is 19.8 Å². The van der Waals surface area contributed by atoms with Crippen LogP contribution in [0.5, 0.6) is 0 Å². The molecule has 2 N–H and O–H groups in total. The molecule has 0 aromatic heterocycles. The molecule has 0 saturated heterocycles. The minimum Gasteiger partial charge on any atom is -0.377 e. The van der Waals surface area contributed by atoms with Crippen molar-refractivity contribution in [1.29, 1.82) is 0 Å². The minimum absolute atomic E-state index is 0. The van der Waals surface area contributed by atoms with E-state index in [2.05, 4.69) is 22.8 Å². The van der Waals surface area contributed by atoms with Crippen LogP contribution in [0, 0.1) is 0 Å². The van der Waals surface area contributed by atoms with Gasteiger partial charge in [0, 0.05) is 19.7 Å². The molecule has 0 radical (unpaired) electrons. The van der Waals surface area contributed by atoms with Gasteiger partial charge in [-0.15, -0.1) is 12.4 Å². The Morgan fingerprint density at radius 1 is 1.12 bits per heavy atom. The van der Waals surface area contributed by atoms with E-state index in [1.54, 1.807) is 0 Å². The van der Waals surface area contributed by atoms with Crippen molar-refractivity contribution in [3.63, 3.8) is 0 Å². The molecule has 5 heteroatoms. The lowest BCUT2D eigenvalue weighted by Gasteiger charge is -2.25. The third-order valence-corrected chi connectivity index (χ3v) is 4.43. The maximum Gasteiger partial charge on any atom is 0.237 e. The molecule has 1 amide bonds. The number of nitrogens with one attached hydrogen (secondary N) is 2. The van der Waals surface area contributed by atoms with E-state index < -0.39 is 0 Å². The second-order valence-electron chi connectivity index (χ2n) is 6.03. The van der Waals surface area contributed by atoms with Crippen LogP contribution in [0.1, 0.15) is 29.2 Å². The van der Waals surface area contributed by atoms with Gasteiger partial charge in [0.25, 0.3) is 0 Å². The molecule has 134 valence electrons. The van der Waals surface area contributed by atoms with Crippen LogP contribution < -0.4 is 10.6 Å². The van der Waals surface area contributed by atoms with Gasteiger partial charge in [0.2, 0.25) is 5.91 Å². The van der Waals surface area contributed by atoms with E-state index >= 15 is 0 Å². The number of amides is 1. The summed E-state index contributed by atoms with van der Waals surface area (Å²) >= 11 is 0. The Balaban J connectivity index is 0.00000225. The second-order valence-corrected chi connectivity index (χ2v) is 6.03. The first-order valence-corrected chi connectivity index (χ1v) is 8.50. The van der Waals surface area contributed by atoms with Gasteiger partial charge in [0.1, 0.15) is 0 Å². The molecule has 1 aliphatic heterocycles. The lowest BCUT2D eigenvalue weighted by molar-refractivity contribution is -0.123. The number of carbonyl (C=O) groups is 1. The summed E-state index contributed by atoms with van der Waals surface area (Å²) in [6.07, 6.45) is 0.739. The van der Waals surface area contributed by atoms with E-state index in [0.717, 1.165) is 24.1 Å². The summed E-state index contributed by atoms with van der Waals surface area (Å²) in [4.78, 5) is 12.5. The normalized spacial score (nSPS) is 15.8. The van der Waals surface area contributed by atoms with Crippen LogP contribution in [0.4, 0.5) is 0 Å². The molecule has 2 aromatic carbocycles. The molecule has 1 atom stereocenters. The zero-order chi connectivity index (χ0) is 16.8. The van der Waals surface area contributed by atoms with Gasteiger partial charge < -0.3 is 15.4 Å². The quantitative estimate of drug-likeness (QED) is 0.832. The van der Waals surface area contributed by atoms with Crippen LogP contribution in [-0.2, 0) is 35.6 Å². The van der Waals surface area contributed by atoms with Gasteiger partial charge in [-0.2, -0.15) is 0 Å². The predicted molar refractivity (Wildman–Crippen MR) is 102 cm³/mol. The van der Waals surface area contributed by atoms with E-state index in [1.165, 1.54) is 11.1 Å². The highest BCUT2D eigenvalue weighted by Gasteiger charge is 2.23. The number of halogens is 1. The van der Waals surface area contributed by atoms with E-state index in [4.69, 9.17) is 4.74 Å². The smallest absolute Gasteiger partial charge is 0.237 e. The van der Waals surface area contributed by atoms with Crippen molar-refractivity contribution in [2.24, 2.45) is 0 Å². The lowest BCUT2D eigenvalue weighted by atomic mass is 9.95. The summed E-state index contributed by atoms with van der Waals surface area (Å²) < 4.78 is 5.50. The van der Waals surface area contributed by atoms with E-state index in [-0.39, 0.29) is 24.4 Å².